The quantitative estimate of drug-likeness (QED) is 0.408. The molecule has 1 aliphatic heterocycles. The van der Waals surface area contributed by atoms with Gasteiger partial charge in [-0.05, 0) is 47.4 Å². The fourth-order valence-electron chi connectivity index (χ4n) is 5.20. The van der Waals surface area contributed by atoms with E-state index in [0.717, 1.165) is 11.6 Å². The molecule has 1 aliphatic rings. The van der Waals surface area contributed by atoms with E-state index < -0.39 is 11.7 Å². The van der Waals surface area contributed by atoms with Crippen LogP contribution in [0.5, 0.6) is 5.75 Å². The molecule has 2 amide bonds. The van der Waals surface area contributed by atoms with Crippen molar-refractivity contribution in [2.75, 3.05) is 26.7 Å². The first-order valence-corrected chi connectivity index (χ1v) is 13.2. The minimum Gasteiger partial charge on any atom is -0.496 e. The molecule has 3 aromatic rings. The van der Waals surface area contributed by atoms with Crippen molar-refractivity contribution >= 4 is 11.8 Å². The summed E-state index contributed by atoms with van der Waals surface area (Å²) in [4.78, 5) is 25.8. The Morgan fingerprint density at radius 3 is 2.51 bits per heavy atom. The maximum Gasteiger partial charge on any atom is 0.417 e. The first-order chi connectivity index (χ1) is 19.6. The lowest BCUT2D eigenvalue weighted by Crippen LogP contribution is -2.51. The third kappa shape index (κ3) is 7.24. The van der Waals surface area contributed by atoms with Crippen LogP contribution in [0.15, 0.2) is 66.7 Å². The van der Waals surface area contributed by atoms with E-state index in [-0.39, 0.29) is 41.4 Å². The number of carbonyl (C=O) groups is 2. The normalized spacial score (nSPS) is 17.0. The summed E-state index contributed by atoms with van der Waals surface area (Å²) >= 11 is 0. The van der Waals surface area contributed by atoms with Gasteiger partial charge in [-0.15, -0.1) is 0 Å². The summed E-state index contributed by atoms with van der Waals surface area (Å²) in [5.41, 5.74) is 1.13. The predicted molar refractivity (Wildman–Crippen MR) is 148 cm³/mol. The summed E-state index contributed by atoms with van der Waals surface area (Å²) in [6.07, 6.45) is -3.99. The molecular formula is C31H31F3N4O3. The molecule has 41 heavy (non-hydrogen) atoms. The Bertz CT molecular complexity index is 1440. The highest BCUT2D eigenvalue weighted by atomic mass is 19.4. The van der Waals surface area contributed by atoms with Gasteiger partial charge in [0.25, 0.3) is 0 Å². The number of hydrogen-bond donors (Lipinski definition) is 2. The number of halogens is 3. The number of benzene rings is 3. The molecule has 4 rings (SSSR count). The predicted octanol–water partition coefficient (Wildman–Crippen LogP) is 4.86. The number of rotatable bonds is 8. The number of nitrogens with zero attached hydrogens (tertiary/aromatic N) is 2. The van der Waals surface area contributed by atoms with E-state index >= 15 is 0 Å². The Balaban J connectivity index is 1.58. The standard InChI is InChI=1S/C31H31F3N4O3/c1-20(39)36-18-30(40)38-13-12-28(26(19-38)22-6-4-3-5-7-22)37-17-24-15-23(9-11-29(24)41-2)25-10-8-21(16-35)14-27(25)31(32,33)34/h3-11,14-15,26,28,37H,12-13,17-19H2,1-2H3,(H,36,39). The van der Waals surface area contributed by atoms with Gasteiger partial charge in [0.2, 0.25) is 11.8 Å². The first-order valence-electron chi connectivity index (χ1n) is 13.2. The van der Waals surface area contributed by atoms with Gasteiger partial charge in [-0.3, -0.25) is 9.59 Å². The van der Waals surface area contributed by atoms with Gasteiger partial charge in [-0.25, -0.2) is 0 Å². The van der Waals surface area contributed by atoms with Gasteiger partial charge in [0.1, 0.15) is 5.75 Å². The minimum absolute atomic E-state index is 0.0199. The van der Waals surface area contributed by atoms with E-state index in [4.69, 9.17) is 10.00 Å². The zero-order valence-electron chi connectivity index (χ0n) is 22.8. The van der Waals surface area contributed by atoms with E-state index in [1.54, 1.807) is 29.2 Å². The average molecular weight is 565 g/mol. The Labute approximate surface area is 236 Å². The Hall–Kier alpha value is -4.36. The van der Waals surface area contributed by atoms with Crippen molar-refractivity contribution in [2.45, 2.75) is 38.0 Å². The smallest absolute Gasteiger partial charge is 0.417 e. The lowest BCUT2D eigenvalue weighted by Gasteiger charge is -2.39. The van der Waals surface area contributed by atoms with Crippen molar-refractivity contribution in [2.24, 2.45) is 0 Å². The monoisotopic (exact) mass is 564 g/mol. The summed E-state index contributed by atoms with van der Waals surface area (Å²) in [7, 11) is 1.51. The third-order valence-electron chi connectivity index (χ3n) is 7.28. The fraction of sp³-hybridized carbons (Fsp3) is 0.323. The second kappa shape index (κ2) is 12.9. The summed E-state index contributed by atoms with van der Waals surface area (Å²) in [5.74, 6) is 0.0595. The van der Waals surface area contributed by atoms with Crippen LogP contribution in [0.2, 0.25) is 0 Å². The van der Waals surface area contributed by atoms with E-state index in [1.165, 1.54) is 26.2 Å². The SMILES string of the molecule is COc1ccc(-c2ccc(C#N)cc2C(F)(F)F)cc1CNC1CCN(C(=O)CNC(C)=O)CC1c1ccccc1. The summed E-state index contributed by atoms with van der Waals surface area (Å²) in [5, 5.41) is 15.2. The second-order valence-corrected chi connectivity index (χ2v) is 9.94. The Kier molecular flexibility index (Phi) is 9.30. The van der Waals surface area contributed by atoms with Crippen molar-refractivity contribution < 1.29 is 27.5 Å². The molecule has 1 heterocycles. The Morgan fingerprint density at radius 2 is 1.85 bits per heavy atom. The second-order valence-electron chi connectivity index (χ2n) is 9.94. The largest absolute Gasteiger partial charge is 0.496 e. The number of ether oxygens (including phenoxy) is 1. The van der Waals surface area contributed by atoms with Crippen LogP contribution < -0.4 is 15.4 Å². The molecule has 0 radical (unpaired) electrons. The zero-order chi connectivity index (χ0) is 29.6. The lowest BCUT2D eigenvalue weighted by atomic mass is 9.85. The summed E-state index contributed by atoms with van der Waals surface area (Å²) in [6, 6.07) is 20.0. The van der Waals surface area contributed by atoms with Gasteiger partial charge in [0, 0.05) is 44.1 Å². The number of hydrogen-bond acceptors (Lipinski definition) is 5. The Morgan fingerprint density at radius 1 is 1.10 bits per heavy atom. The van der Waals surface area contributed by atoms with Crippen molar-refractivity contribution in [3.8, 4) is 22.9 Å². The van der Waals surface area contributed by atoms with Crippen molar-refractivity contribution in [3.05, 3.63) is 89.0 Å². The molecule has 7 nitrogen and oxygen atoms in total. The number of likely N-dealkylation sites (tertiary alicyclic amines) is 1. The number of nitrogens with one attached hydrogen (secondary N) is 2. The average Bonchev–Trinajstić information content (AvgIpc) is 2.98. The molecule has 2 N–H and O–H groups in total. The molecule has 2 atom stereocenters. The number of nitriles is 1. The number of piperidine rings is 1. The van der Waals surface area contributed by atoms with Gasteiger partial charge in [0.05, 0.1) is 30.9 Å². The van der Waals surface area contributed by atoms with Crippen LogP contribution in [-0.2, 0) is 22.3 Å². The number of alkyl halides is 3. The molecular weight excluding hydrogens is 533 g/mol. The van der Waals surface area contributed by atoms with Crippen molar-refractivity contribution in [1.29, 1.82) is 5.26 Å². The fourth-order valence-corrected chi connectivity index (χ4v) is 5.20. The van der Waals surface area contributed by atoms with E-state index in [0.29, 0.717) is 42.9 Å². The third-order valence-corrected chi connectivity index (χ3v) is 7.28. The molecule has 10 heteroatoms. The topological polar surface area (TPSA) is 94.5 Å². The van der Waals surface area contributed by atoms with Gasteiger partial charge < -0.3 is 20.3 Å². The van der Waals surface area contributed by atoms with Crippen LogP contribution in [0.3, 0.4) is 0 Å². The van der Waals surface area contributed by atoms with Crippen LogP contribution in [-0.4, -0.2) is 49.5 Å². The van der Waals surface area contributed by atoms with Gasteiger partial charge in [0.15, 0.2) is 0 Å². The summed E-state index contributed by atoms with van der Waals surface area (Å²) in [6.45, 7) is 2.58. The molecule has 0 aromatic heterocycles. The van der Waals surface area contributed by atoms with Gasteiger partial charge in [-0.1, -0.05) is 42.5 Å². The number of amides is 2. The van der Waals surface area contributed by atoms with Crippen molar-refractivity contribution in [1.82, 2.24) is 15.5 Å². The molecule has 2 unspecified atom stereocenters. The van der Waals surface area contributed by atoms with Crippen molar-refractivity contribution in [3.63, 3.8) is 0 Å². The zero-order valence-corrected chi connectivity index (χ0v) is 22.8. The molecule has 0 bridgehead atoms. The number of methoxy groups -OCH3 is 1. The van der Waals surface area contributed by atoms with E-state index in [2.05, 4.69) is 10.6 Å². The molecule has 1 saturated heterocycles. The van der Waals surface area contributed by atoms with Crippen LogP contribution in [0.25, 0.3) is 11.1 Å². The van der Waals surface area contributed by atoms with Crippen LogP contribution in [0.4, 0.5) is 13.2 Å². The summed E-state index contributed by atoms with van der Waals surface area (Å²) < 4.78 is 47.1. The highest BCUT2D eigenvalue weighted by Gasteiger charge is 2.35. The van der Waals surface area contributed by atoms with Crippen LogP contribution in [0.1, 0.15) is 41.5 Å². The molecule has 214 valence electrons. The lowest BCUT2D eigenvalue weighted by molar-refractivity contribution is -0.137. The van der Waals surface area contributed by atoms with Gasteiger partial charge in [-0.2, -0.15) is 18.4 Å². The van der Waals surface area contributed by atoms with Crippen LogP contribution >= 0.6 is 0 Å². The molecule has 0 aliphatic carbocycles. The van der Waals surface area contributed by atoms with Crippen LogP contribution in [0, 0.1) is 11.3 Å². The number of carbonyl (C=O) groups excluding carboxylic acids is 2. The first kappa shape index (κ1) is 29.6. The van der Waals surface area contributed by atoms with E-state index in [9.17, 15) is 22.8 Å². The minimum atomic E-state index is -4.63. The maximum absolute atomic E-state index is 13.9. The molecule has 0 saturated carbocycles. The molecule has 3 aromatic carbocycles. The molecule has 1 fully saturated rings. The molecule has 0 spiro atoms. The van der Waals surface area contributed by atoms with Gasteiger partial charge >= 0.3 is 6.18 Å². The highest BCUT2D eigenvalue weighted by molar-refractivity contribution is 5.83. The van der Waals surface area contributed by atoms with E-state index in [1.807, 2.05) is 30.3 Å². The maximum atomic E-state index is 13.9. The highest BCUT2D eigenvalue weighted by Crippen LogP contribution is 2.39.